The highest BCUT2D eigenvalue weighted by Crippen LogP contribution is 2.38. The Morgan fingerprint density at radius 1 is 0.867 bits per heavy atom. The number of pyridine rings is 2. The second-order valence-corrected chi connectivity index (χ2v) is 9.31. The van der Waals surface area contributed by atoms with Crippen molar-refractivity contribution in [1.82, 2.24) is 15.3 Å². The number of nitrogens with two attached hydrogens (primary N) is 1. The van der Waals surface area contributed by atoms with Crippen molar-refractivity contribution in [3.63, 3.8) is 0 Å². The first-order valence-corrected chi connectivity index (χ1v) is 12.4. The van der Waals surface area contributed by atoms with Crippen LogP contribution in [0.3, 0.4) is 0 Å². The van der Waals surface area contributed by atoms with E-state index < -0.39 is 36.4 Å². The molecular weight excluding hydrogens is 683 g/mol. The van der Waals surface area contributed by atoms with Gasteiger partial charge in [0.15, 0.2) is 0 Å². The minimum Gasteiger partial charge on any atom is -0.475 e. The number of carboxylic acid groups (broad SMARTS) is 3. The number of hydrogen-bond acceptors (Lipinski definition) is 8. The fraction of sp³-hybridized carbons (Fsp3) is 0.304. The van der Waals surface area contributed by atoms with Gasteiger partial charge in [0.2, 0.25) is 0 Å². The van der Waals surface area contributed by atoms with Crippen LogP contribution in [0, 0.1) is 13.8 Å². The number of nitrogens with zero attached hydrogens (tertiary/aromatic N) is 2. The number of nitrogens with one attached hydrogen (secondary N) is 1. The molecular formula is C23H20ClF9N4O7S. The van der Waals surface area contributed by atoms with Crippen LogP contribution in [0.1, 0.15) is 26.5 Å². The van der Waals surface area contributed by atoms with Crippen molar-refractivity contribution in [2.45, 2.75) is 38.8 Å². The first-order valence-electron chi connectivity index (χ1n) is 11.2. The van der Waals surface area contributed by atoms with E-state index in [1.165, 1.54) is 11.3 Å². The average Bonchev–Trinajstić information content (AvgIpc) is 3.23. The molecule has 0 spiro atoms. The van der Waals surface area contributed by atoms with E-state index in [-0.39, 0.29) is 5.91 Å². The lowest BCUT2D eigenvalue weighted by atomic mass is 10.1. The third-order valence-electron chi connectivity index (χ3n) is 4.60. The number of anilines is 1. The van der Waals surface area contributed by atoms with Gasteiger partial charge in [-0.25, -0.2) is 19.4 Å². The summed E-state index contributed by atoms with van der Waals surface area (Å²) in [5.74, 6) is -8.45. The van der Waals surface area contributed by atoms with Crippen LogP contribution in [0.15, 0.2) is 24.5 Å². The summed E-state index contributed by atoms with van der Waals surface area (Å²) >= 11 is 7.55. The van der Waals surface area contributed by atoms with Crippen LogP contribution in [0.25, 0.3) is 10.2 Å². The molecule has 3 aromatic rings. The predicted octanol–water partition coefficient (Wildman–Crippen LogP) is 5.42. The van der Waals surface area contributed by atoms with E-state index >= 15 is 0 Å². The molecule has 0 saturated heterocycles. The first-order chi connectivity index (χ1) is 20.3. The van der Waals surface area contributed by atoms with Crippen molar-refractivity contribution >= 4 is 62.7 Å². The van der Waals surface area contributed by atoms with Crippen LogP contribution in [0.5, 0.6) is 0 Å². The van der Waals surface area contributed by atoms with Gasteiger partial charge in [-0.1, -0.05) is 11.6 Å². The third-order valence-corrected chi connectivity index (χ3v) is 6.26. The zero-order valence-electron chi connectivity index (χ0n) is 22.4. The summed E-state index contributed by atoms with van der Waals surface area (Å²) in [6.45, 7) is 4.27. The molecule has 0 radical (unpaired) electrons. The van der Waals surface area contributed by atoms with Crippen LogP contribution in [0.4, 0.5) is 45.2 Å². The fourth-order valence-electron chi connectivity index (χ4n) is 2.57. The summed E-state index contributed by atoms with van der Waals surface area (Å²) in [4.78, 5) is 48.8. The Morgan fingerprint density at radius 3 is 1.64 bits per heavy atom. The zero-order valence-corrected chi connectivity index (χ0v) is 23.9. The maximum atomic E-state index is 12.5. The number of rotatable bonds is 4. The Balaban J connectivity index is 0.000000753. The molecule has 45 heavy (non-hydrogen) atoms. The predicted molar refractivity (Wildman–Crippen MR) is 140 cm³/mol. The summed E-state index contributed by atoms with van der Waals surface area (Å²) in [6, 6.07) is 3.86. The molecule has 22 heteroatoms. The van der Waals surface area contributed by atoms with E-state index in [1.807, 2.05) is 26.0 Å². The molecule has 0 atom stereocenters. The van der Waals surface area contributed by atoms with Gasteiger partial charge in [0.1, 0.15) is 9.71 Å². The topological polar surface area (TPSA) is 193 Å². The molecule has 250 valence electrons. The highest BCUT2D eigenvalue weighted by molar-refractivity contribution is 7.21. The van der Waals surface area contributed by atoms with Crippen molar-refractivity contribution in [2.24, 2.45) is 0 Å². The van der Waals surface area contributed by atoms with Crippen molar-refractivity contribution in [2.75, 3.05) is 12.3 Å². The molecule has 0 unspecified atom stereocenters. The fourth-order valence-corrected chi connectivity index (χ4v) is 3.83. The Hall–Kier alpha value is -4.40. The van der Waals surface area contributed by atoms with E-state index in [2.05, 4.69) is 15.3 Å². The Bertz CT molecular complexity index is 1440. The van der Waals surface area contributed by atoms with Gasteiger partial charge in [-0.3, -0.25) is 9.78 Å². The molecule has 0 aliphatic heterocycles. The lowest BCUT2D eigenvalue weighted by molar-refractivity contribution is -0.193. The van der Waals surface area contributed by atoms with Gasteiger partial charge < -0.3 is 26.4 Å². The molecule has 0 bridgehead atoms. The van der Waals surface area contributed by atoms with Crippen LogP contribution in [-0.4, -0.2) is 74.2 Å². The number of amides is 1. The van der Waals surface area contributed by atoms with Crippen LogP contribution < -0.4 is 11.1 Å². The monoisotopic (exact) mass is 702 g/mol. The van der Waals surface area contributed by atoms with Crippen molar-refractivity contribution in [1.29, 1.82) is 0 Å². The summed E-state index contributed by atoms with van der Waals surface area (Å²) in [5.41, 5.74) is 9.36. The SMILES string of the molecule is Cc1nc2sc(C(=O)NCCc3ccncc3)c(N)c2c(C)c1Cl.O=C(O)C(F)(F)F.O=C(O)C(F)(F)F.O=C(O)C(F)(F)F. The quantitative estimate of drug-likeness (QED) is 0.219. The number of hydrogen-bond donors (Lipinski definition) is 5. The van der Waals surface area contributed by atoms with E-state index in [9.17, 15) is 44.3 Å². The average molecular weight is 703 g/mol. The molecule has 0 aromatic carbocycles. The first kappa shape index (κ1) is 40.6. The number of fused-ring (bicyclic) bond motifs is 1. The number of aliphatic carboxylic acids is 3. The summed E-state index contributed by atoms with van der Waals surface area (Å²) in [7, 11) is 0. The second kappa shape index (κ2) is 16.6. The molecule has 0 saturated carbocycles. The molecule has 0 aliphatic rings. The molecule has 0 fully saturated rings. The maximum Gasteiger partial charge on any atom is 0.490 e. The number of halogens is 10. The van der Waals surface area contributed by atoms with Gasteiger partial charge in [0.05, 0.1) is 16.4 Å². The third kappa shape index (κ3) is 13.8. The normalized spacial score (nSPS) is 11.1. The number of carboxylic acids is 3. The Kier molecular flexibility index (Phi) is 15.0. The van der Waals surface area contributed by atoms with Crippen LogP contribution in [-0.2, 0) is 20.8 Å². The standard InChI is InChI=1S/C17H17ClN4OS.3C2HF3O2/c1-9-12-14(19)15(24-17(12)22-10(2)13(9)18)16(23)21-8-5-11-3-6-20-7-4-11;3*3-2(4,5)1(6)7/h3-4,6-7H,5,8,19H2,1-2H3,(H,21,23);3*(H,6,7). The largest absolute Gasteiger partial charge is 0.490 e. The molecule has 3 rings (SSSR count). The van der Waals surface area contributed by atoms with Gasteiger partial charge in [-0.2, -0.15) is 39.5 Å². The number of aromatic nitrogens is 2. The number of alkyl halides is 9. The molecule has 1 amide bonds. The summed E-state index contributed by atoms with van der Waals surface area (Å²) < 4.78 is 95.2. The van der Waals surface area contributed by atoms with Crippen LogP contribution >= 0.6 is 22.9 Å². The van der Waals surface area contributed by atoms with E-state index in [4.69, 9.17) is 47.0 Å². The minimum atomic E-state index is -5.08. The van der Waals surface area contributed by atoms with E-state index in [0.717, 1.165) is 33.5 Å². The lowest BCUT2D eigenvalue weighted by Crippen LogP contribution is -2.25. The van der Waals surface area contributed by atoms with Gasteiger partial charge in [0.25, 0.3) is 5.91 Å². The van der Waals surface area contributed by atoms with Gasteiger partial charge in [0, 0.05) is 24.3 Å². The molecule has 0 aliphatic carbocycles. The summed E-state index contributed by atoms with van der Waals surface area (Å²) in [6.07, 6.45) is -11.0. The smallest absolute Gasteiger partial charge is 0.475 e. The van der Waals surface area contributed by atoms with Crippen molar-refractivity contribution < 1.29 is 74.0 Å². The number of aryl methyl sites for hydroxylation is 2. The Morgan fingerprint density at radius 2 is 1.27 bits per heavy atom. The number of thiophene rings is 1. The molecule has 11 nitrogen and oxygen atoms in total. The zero-order chi connectivity index (χ0) is 35.5. The summed E-state index contributed by atoms with van der Waals surface area (Å²) in [5, 5.41) is 25.7. The van der Waals surface area contributed by atoms with Gasteiger partial charge in [-0.15, -0.1) is 11.3 Å². The Labute approximate surface area is 254 Å². The molecule has 3 heterocycles. The highest BCUT2D eigenvalue weighted by atomic mass is 35.5. The molecule has 6 N–H and O–H groups in total. The van der Waals surface area contributed by atoms with E-state index in [0.29, 0.717) is 22.1 Å². The number of carbonyl (C=O) groups is 4. The number of nitrogen functional groups attached to an aromatic ring is 1. The second-order valence-electron chi connectivity index (χ2n) is 7.93. The van der Waals surface area contributed by atoms with Crippen molar-refractivity contribution in [3.8, 4) is 0 Å². The van der Waals surface area contributed by atoms with Gasteiger partial charge in [-0.05, 0) is 43.5 Å². The lowest BCUT2D eigenvalue weighted by Gasteiger charge is -2.05. The van der Waals surface area contributed by atoms with Crippen molar-refractivity contribution in [3.05, 3.63) is 51.2 Å². The minimum absolute atomic E-state index is 0.183. The number of carbonyl (C=O) groups excluding carboxylic acids is 1. The highest BCUT2D eigenvalue weighted by Gasteiger charge is 2.39. The van der Waals surface area contributed by atoms with Gasteiger partial charge >= 0.3 is 36.4 Å². The molecule has 3 aromatic heterocycles. The maximum absolute atomic E-state index is 12.5. The van der Waals surface area contributed by atoms with Crippen LogP contribution in [0.2, 0.25) is 5.02 Å². The van der Waals surface area contributed by atoms with E-state index in [1.54, 1.807) is 12.4 Å².